The van der Waals surface area contributed by atoms with Crippen molar-refractivity contribution in [3.05, 3.63) is 29.8 Å². The van der Waals surface area contributed by atoms with Gasteiger partial charge in [-0.3, -0.25) is 0 Å². The van der Waals surface area contributed by atoms with Crippen molar-refractivity contribution in [2.75, 3.05) is 7.11 Å². The number of rotatable bonds is 4. The molecule has 3 atom stereocenters. The highest BCUT2D eigenvalue weighted by Crippen LogP contribution is 2.60. The molecule has 2 heteroatoms. The third-order valence-electron chi connectivity index (χ3n) is 4.46. The van der Waals surface area contributed by atoms with Crippen LogP contribution in [0.1, 0.15) is 24.8 Å². The van der Waals surface area contributed by atoms with Crippen LogP contribution in [0, 0.1) is 17.8 Å². The number of alkyl halides is 1. The van der Waals surface area contributed by atoms with Gasteiger partial charge < -0.3 is 4.74 Å². The first kappa shape index (κ1) is 11.6. The summed E-state index contributed by atoms with van der Waals surface area (Å²) < 4.78 is 5.27. The van der Waals surface area contributed by atoms with Gasteiger partial charge in [0.15, 0.2) is 0 Å². The van der Waals surface area contributed by atoms with Gasteiger partial charge in [-0.15, -0.1) is 0 Å². The minimum atomic E-state index is 0.657. The van der Waals surface area contributed by atoms with Crippen molar-refractivity contribution in [2.24, 2.45) is 17.8 Å². The van der Waals surface area contributed by atoms with E-state index in [-0.39, 0.29) is 0 Å². The van der Waals surface area contributed by atoms with Crippen LogP contribution in [0.2, 0.25) is 0 Å². The zero-order valence-corrected chi connectivity index (χ0v) is 11.8. The number of methoxy groups -OCH3 is 1. The molecule has 1 aromatic rings. The smallest absolute Gasteiger partial charge is 0.119 e. The van der Waals surface area contributed by atoms with Crippen LogP contribution in [0.3, 0.4) is 0 Å². The highest BCUT2D eigenvalue weighted by Gasteiger charge is 2.54. The normalized spacial score (nSPS) is 32.0. The van der Waals surface area contributed by atoms with E-state index in [2.05, 4.69) is 34.1 Å². The molecule has 0 N–H and O–H groups in total. The van der Waals surface area contributed by atoms with Crippen molar-refractivity contribution in [1.82, 2.24) is 0 Å². The lowest BCUT2D eigenvalue weighted by molar-refractivity contribution is 0.414. The summed E-state index contributed by atoms with van der Waals surface area (Å²) >= 11 is 3.90. The predicted molar refractivity (Wildman–Crippen MR) is 73.7 cm³/mol. The van der Waals surface area contributed by atoms with Crippen LogP contribution in [0.5, 0.6) is 5.75 Å². The summed E-state index contributed by atoms with van der Waals surface area (Å²) in [5, 5.41) is 0. The second kappa shape index (κ2) is 4.64. The van der Waals surface area contributed by atoms with Crippen LogP contribution in [-0.4, -0.2) is 11.9 Å². The van der Waals surface area contributed by atoms with E-state index in [4.69, 9.17) is 4.74 Å². The molecule has 1 nitrogen and oxygen atoms in total. The van der Waals surface area contributed by atoms with E-state index < -0.39 is 0 Å². The molecule has 3 rings (SSSR count). The maximum absolute atomic E-state index is 5.27. The summed E-state index contributed by atoms with van der Waals surface area (Å²) in [4.78, 5) is 0.657. The summed E-state index contributed by atoms with van der Waals surface area (Å²) in [5.41, 5.74) is 1.39. The summed E-state index contributed by atoms with van der Waals surface area (Å²) in [5.74, 6) is 3.98. The van der Waals surface area contributed by atoms with Crippen molar-refractivity contribution in [2.45, 2.75) is 30.5 Å². The molecule has 3 unspecified atom stereocenters. The maximum atomic E-state index is 5.27. The minimum absolute atomic E-state index is 0.657. The highest BCUT2D eigenvalue weighted by molar-refractivity contribution is 9.09. The van der Waals surface area contributed by atoms with E-state index >= 15 is 0 Å². The van der Waals surface area contributed by atoms with Crippen molar-refractivity contribution in [1.29, 1.82) is 0 Å². The summed E-state index contributed by atoms with van der Waals surface area (Å²) in [7, 11) is 1.73. The molecule has 17 heavy (non-hydrogen) atoms. The van der Waals surface area contributed by atoms with Crippen molar-refractivity contribution >= 4 is 15.9 Å². The molecule has 0 amide bonds. The molecule has 0 bridgehead atoms. The topological polar surface area (TPSA) is 9.23 Å². The second-order valence-corrected chi connectivity index (χ2v) is 6.58. The number of hydrogen-bond acceptors (Lipinski definition) is 1. The van der Waals surface area contributed by atoms with Crippen molar-refractivity contribution in [3.63, 3.8) is 0 Å². The Morgan fingerprint density at radius 2 is 2.12 bits per heavy atom. The Hall–Kier alpha value is -0.500. The van der Waals surface area contributed by atoms with Crippen LogP contribution in [0.25, 0.3) is 0 Å². The number of ether oxygens (including phenoxy) is 1. The molecule has 1 aromatic carbocycles. The molecule has 0 aromatic heterocycles. The third kappa shape index (κ3) is 2.24. The lowest BCUT2D eigenvalue weighted by atomic mass is 10.0. The summed E-state index contributed by atoms with van der Waals surface area (Å²) in [6, 6.07) is 8.46. The van der Waals surface area contributed by atoms with Crippen molar-refractivity contribution < 1.29 is 4.74 Å². The molecule has 0 aliphatic heterocycles. The fraction of sp³-hybridized carbons (Fsp3) is 0.600. The van der Waals surface area contributed by atoms with Crippen LogP contribution in [0.15, 0.2) is 24.3 Å². The second-order valence-electron chi connectivity index (χ2n) is 5.41. The van der Waals surface area contributed by atoms with E-state index in [9.17, 15) is 0 Å². The first-order chi connectivity index (χ1) is 8.29. The molecular weight excluding hydrogens is 276 g/mol. The highest BCUT2D eigenvalue weighted by atomic mass is 79.9. The Kier molecular flexibility index (Phi) is 3.16. The first-order valence-corrected chi connectivity index (χ1v) is 7.48. The fourth-order valence-corrected chi connectivity index (χ4v) is 4.73. The van der Waals surface area contributed by atoms with Crippen LogP contribution in [0.4, 0.5) is 0 Å². The summed E-state index contributed by atoms with van der Waals surface area (Å²) in [6.07, 6.45) is 5.53. The average Bonchev–Trinajstić information content (AvgIpc) is 2.84. The largest absolute Gasteiger partial charge is 0.497 e. The number of hydrogen-bond donors (Lipinski definition) is 0. The lowest BCUT2D eigenvalue weighted by Crippen LogP contribution is -2.09. The van der Waals surface area contributed by atoms with Gasteiger partial charge in [0, 0.05) is 4.83 Å². The zero-order valence-electron chi connectivity index (χ0n) is 10.2. The van der Waals surface area contributed by atoms with Gasteiger partial charge in [-0.05, 0) is 54.7 Å². The average molecular weight is 295 g/mol. The number of halogens is 1. The van der Waals surface area contributed by atoms with Gasteiger partial charge in [-0.25, -0.2) is 0 Å². The molecule has 0 heterocycles. The van der Waals surface area contributed by atoms with E-state index in [0.29, 0.717) is 4.83 Å². The Balaban J connectivity index is 1.62. The first-order valence-electron chi connectivity index (χ1n) is 6.56. The molecule has 0 radical (unpaired) electrons. The minimum Gasteiger partial charge on any atom is -0.497 e. The predicted octanol–water partition coefficient (Wildman–Crippen LogP) is 4.05. The van der Waals surface area contributed by atoms with Gasteiger partial charge in [0.05, 0.1) is 7.11 Å². The Bertz CT molecular complexity index is 394. The standard InChI is InChI=1S/C15H19BrO/c1-17-11-5-2-4-10(8-11)9-14(16)15-12-6-3-7-13(12)15/h2,4-5,8,12-15H,3,6-7,9H2,1H3. The Morgan fingerprint density at radius 3 is 2.82 bits per heavy atom. The molecule has 92 valence electrons. The van der Waals surface area contributed by atoms with Crippen LogP contribution >= 0.6 is 15.9 Å². The lowest BCUT2D eigenvalue weighted by Gasteiger charge is -2.12. The summed E-state index contributed by atoms with van der Waals surface area (Å²) in [6.45, 7) is 0. The van der Waals surface area contributed by atoms with E-state index in [1.54, 1.807) is 7.11 Å². The van der Waals surface area contributed by atoms with Crippen LogP contribution < -0.4 is 4.74 Å². The van der Waals surface area contributed by atoms with Gasteiger partial charge in [0.25, 0.3) is 0 Å². The molecular formula is C15H19BrO. The number of fused-ring (bicyclic) bond motifs is 1. The third-order valence-corrected chi connectivity index (χ3v) is 5.39. The molecule has 2 aliphatic rings. The van der Waals surface area contributed by atoms with Gasteiger partial charge in [0.1, 0.15) is 5.75 Å². The van der Waals surface area contributed by atoms with Crippen molar-refractivity contribution in [3.8, 4) is 5.75 Å². The molecule has 0 spiro atoms. The van der Waals surface area contributed by atoms with E-state index in [1.165, 1.54) is 24.8 Å². The van der Waals surface area contributed by atoms with Gasteiger partial charge in [-0.1, -0.05) is 34.5 Å². The molecule has 2 saturated carbocycles. The van der Waals surface area contributed by atoms with Gasteiger partial charge in [0.2, 0.25) is 0 Å². The van der Waals surface area contributed by atoms with E-state index in [1.807, 2.05) is 6.07 Å². The Morgan fingerprint density at radius 1 is 1.35 bits per heavy atom. The molecule has 0 saturated heterocycles. The molecule has 2 fully saturated rings. The zero-order chi connectivity index (χ0) is 11.8. The van der Waals surface area contributed by atoms with Crippen LogP contribution in [-0.2, 0) is 6.42 Å². The van der Waals surface area contributed by atoms with E-state index in [0.717, 1.165) is 29.9 Å². The molecule has 2 aliphatic carbocycles. The quantitative estimate of drug-likeness (QED) is 0.762. The number of benzene rings is 1. The fourth-order valence-electron chi connectivity index (χ4n) is 3.57. The van der Waals surface area contributed by atoms with Gasteiger partial charge in [-0.2, -0.15) is 0 Å². The monoisotopic (exact) mass is 294 g/mol. The van der Waals surface area contributed by atoms with Gasteiger partial charge >= 0.3 is 0 Å². The Labute approximate surface area is 112 Å². The maximum Gasteiger partial charge on any atom is 0.119 e. The SMILES string of the molecule is COc1cccc(CC(Br)C2C3CCCC32)c1.